The van der Waals surface area contributed by atoms with Crippen LogP contribution in [-0.2, 0) is 0 Å². The Balaban J connectivity index is 1.76. The third kappa shape index (κ3) is 4.10. The number of hydrogen-bond acceptors (Lipinski definition) is 1. The number of benzene rings is 3. The maximum absolute atomic E-state index is 5.01. The SMILES string of the molecule is CCC[Si](C)(C)c1ccc(-c2nc(-c3ccccc3)c(-c3ccccc3)[nH]2)cc1. The summed E-state index contributed by atoms with van der Waals surface area (Å²) in [5.74, 6) is 0.921. The average Bonchev–Trinajstić information content (AvgIpc) is 3.21. The summed E-state index contributed by atoms with van der Waals surface area (Å²) < 4.78 is 0. The predicted molar refractivity (Wildman–Crippen MR) is 127 cm³/mol. The second-order valence-corrected chi connectivity index (χ2v) is 13.1. The van der Waals surface area contributed by atoms with E-state index in [-0.39, 0.29) is 0 Å². The van der Waals surface area contributed by atoms with E-state index in [1.807, 2.05) is 12.1 Å². The molecule has 0 unspecified atom stereocenters. The summed E-state index contributed by atoms with van der Waals surface area (Å²) in [6.45, 7) is 7.20. The minimum absolute atomic E-state index is 0.921. The molecule has 0 saturated carbocycles. The molecule has 3 aromatic carbocycles. The van der Waals surface area contributed by atoms with Crippen molar-refractivity contribution in [1.82, 2.24) is 9.97 Å². The fourth-order valence-corrected chi connectivity index (χ4v) is 6.58. The summed E-state index contributed by atoms with van der Waals surface area (Å²) in [6.07, 6.45) is 1.25. The van der Waals surface area contributed by atoms with Gasteiger partial charge in [-0.2, -0.15) is 0 Å². The van der Waals surface area contributed by atoms with Crippen LogP contribution in [0.25, 0.3) is 33.9 Å². The minimum Gasteiger partial charge on any atom is -0.337 e. The molecule has 0 fully saturated rings. The van der Waals surface area contributed by atoms with Gasteiger partial charge in [-0.15, -0.1) is 0 Å². The molecule has 0 amide bonds. The average molecular weight is 397 g/mol. The van der Waals surface area contributed by atoms with E-state index in [1.165, 1.54) is 17.7 Å². The number of H-pyrrole nitrogens is 1. The number of aromatic amines is 1. The zero-order valence-electron chi connectivity index (χ0n) is 17.4. The molecule has 1 aromatic heterocycles. The Hall–Kier alpha value is -2.91. The van der Waals surface area contributed by atoms with Gasteiger partial charge in [0.05, 0.1) is 19.5 Å². The largest absolute Gasteiger partial charge is 0.337 e. The molecular weight excluding hydrogens is 368 g/mol. The molecule has 0 bridgehead atoms. The number of imidazole rings is 1. The molecule has 0 aliphatic carbocycles. The molecule has 0 aliphatic rings. The third-order valence-corrected chi connectivity index (χ3v) is 9.27. The molecule has 0 aliphatic heterocycles. The molecular formula is C26H28N2Si. The van der Waals surface area contributed by atoms with Crippen molar-refractivity contribution in [1.29, 1.82) is 0 Å². The summed E-state index contributed by atoms with van der Waals surface area (Å²) in [7, 11) is -1.34. The normalized spacial score (nSPS) is 11.6. The zero-order chi connectivity index (χ0) is 20.3. The maximum Gasteiger partial charge on any atom is 0.138 e. The smallest absolute Gasteiger partial charge is 0.138 e. The third-order valence-electron chi connectivity index (χ3n) is 5.63. The van der Waals surface area contributed by atoms with Crippen LogP contribution in [0.15, 0.2) is 84.9 Å². The monoisotopic (exact) mass is 396 g/mol. The lowest BCUT2D eigenvalue weighted by Crippen LogP contribution is -2.40. The van der Waals surface area contributed by atoms with Crippen molar-refractivity contribution < 1.29 is 0 Å². The highest BCUT2D eigenvalue weighted by atomic mass is 28.3. The van der Waals surface area contributed by atoms with Crippen molar-refractivity contribution in [2.45, 2.75) is 32.5 Å². The van der Waals surface area contributed by atoms with Gasteiger partial charge in [0.25, 0.3) is 0 Å². The molecule has 0 radical (unpaired) electrons. The van der Waals surface area contributed by atoms with Gasteiger partial charge in [0.15, 0.2) is 0 Å². The molecule has 146 valence electrons. The number of hydrogen-bond donors (Lipinski definition) is 1. The molecule has 2 nitrogen and oxygen atoms in total. The summed E-state index contributed by atoms with van der Waals surface area (Å²) in [5, 5.41) is 1.52. The van der Waals surface area contributed by atoms with E-state index >= 15 is 0 Å². The van der Waals surface area contributed by atoms with Crippen molar-refractivity contribution in [2.75, 3.05) is 0 Å². The second-order valence-electron chi connectivity index (χ2n) is 8.25. The zero-order valence-corrected chi connectivity index (χ0v) is 18.4. The highest BCUT2D eigenvalue weighted by Crippen LogP contribution is 2.32. The van der Waals surface area contributed by atoms with Crippen molar-refractivity contribution in [3.05, 3.63) is 84.9 Å². The summed E-state index contributed by atoms with van der Waals surface area (Å²) in [5.41, 5.74) is 5.47. The van der Waals surface area contributed by atoms with Crippen LogP contribution in [0, 0.1) is 0 Å². The molecule has 1 heterocycles. The van der Waals surface area contributed by atoms with E-state index in [2.05, 4.69) is 97.8 Å². The molecule has 29 heavy (non-hydrogen) atoms. The van der Waals surface area contributed by atoms with Crippen LogP contribution in [0.5, 0.6) is 0 Å². The van der Waals surface area contributed by atoms with Crippen molar-refractivity contribution in [2.24, 2.45) is 0 Å². The minimum atomic E-state index is -1.34. The lowest BCUT2D eigenvalue weighted by Gasteiger charge is -2.22. The Kier molecular flexibility index (Phi) is 5.50. The maximum atomic E-state index is 5.01. The topological polar surface area (TPSA) is 28.7 Å². The van der Waals surface area contributed by atoms with Crippen LogP contribution in [0.2, 0.25) is 19.1 Å². The first-order chi connectivity index (χ1) is 14.1. The van der Waals surface area contributed by atoms with E-state index < -0.39 is 8.07 Å². The van der Waals surface area contributed by atoms with Crippen LogP contribution < -0.4 is 5.19 Å². The molecule has 0 atom stereocenters. The van der Waals surface area contributed by atoms with Gasteiger partial charge >= 0.3 is 0 Å². The number of aromatic nitrogens is 2. The van der Waals surface area contributed by atoms with Crippen molar-refractivity contribution in [3.8, 4) is 33.9 Å². The highest BCUT2D eigenvalue weighted by molar-refractivity contribution is 6.89. The standard InChI is InChI=1S/C26H28N2Si/c1-4-19-29(2,3)23-17-15-22(16-18-23)26-27-24(20-11-7-5-8-12-20)25(28-26)21-13-9-6-10-14-21/h5-18H,4,19H2,1-3H3,(H,27,28). The van der Waals surface area contributed by atoms with Gasteiger partial charge < -0.3 is 4.98 Å². The van der Waals surface area contributed by atoms with Crippen LogP contribution in [0.4, 0.5) is 0 Å². The lowest BCUT2D eigenvalue weighted by atomic mass is 10.1. The predicted octanol–water partition coefficient (Wildman–Crippen LogP) is 6.74. The quantitative estimate of drug-likeness (QED) is 0.359. The first-order valence-corrected chi connectivity index (χ1v) is 13.6. The summed E-state index contributed by atoms with van der Waals surface area (Å²) in [6, 6.07) is 31.2. The first-order valence-electron chi connectivity index (χ1n) is 10.4. The molecule has 3 heteroatoms. The van der Waals surface area contributed by atoms with E-state index in [4.69, 9.17) is 4.98 Å². The summed E-state index contributed by atoms with van der Waals surface area (Å²) >= 11 is 0. The van der Waals surface area contributed by atoms with Gasteiger partial charge in [0.1, 0.15) is 5.82 Å². The molecule has 0 saturated heterocycles. The van der Waals surface area contributed by atoms with Crippen molar-refractivity contribution >= 4 is 13.3 Å². The van der Waals surface area contributed by atoms with Crippen molar-refractivity contribution in [3.63, 3.8) is 0 Å². The van der Waals surface area contributed by atoms with E-state index in [1.54, 1.807) is 0 Å². The molecule has 4 rings (SSSR count). The van der Waals surface area contributed by atoms with Crippen LogP contribution in [0.1, 0.15) is 13.3 Å². The number of rotatable bonds is 6. The van der Waals surface area contributed by atoms with Crippen LogP contribution >= 0.6 is 0 Å². The van der Waals surface area contributed by atoms with Gasteiger partial charge in [-0.1, -0.05) is 123 Å². The first kappa shape index (κ1) is 19.4. The van der Waals surface area contributed by atoms with E-state index in [9.17, 15) is 0 Å². The van der Waals surface area contributed by atoms with E-state index in [0.717, 1.165) is 33.9 Å². The fraction of sp³-hybridized carbons (Fsp3) is 0.192. The lowest BCUT2D eigenvalue weighted by molar-refractivity contribution is 1.05. The Morgan fingerprint density at radius 2 is 1.31 bits per heavy atom. The van der Waals surface area contributed by atoms with E-state index in [0.29, 0.717) is 0 Å². The fourth-order valence-electron chi connectivity index (χ4n) is 3.98. The molecule has 1 N–H and O–H groups in total. The number of nitrogens with one attached hydrogen (secondary N) is 1. The van der Waals surface area contributed by atoms with Gasteiger partial charge in [-0.3, -0.25) is 0 Å². The molecule has 4 aromatic rings. The Morgan fingerprint density at radius 1 is 0.724 bits per heavy atom. The second kappa shape index (κ2) is 8.22. The van der Waals surface area contributed by atoms with Gasteiger partial charge in [-0.25, -0.2) is 4.98 Å². The Labute approximate surface area is 174 Å². The van der Waals surface area contributed by atoms with Crippen LogP contribution in [-0.4, -0.2) is 18.0 Å². The van der Waals surface area contributed by atoms with Crippen LogP contribution in [0.3, 0.4) is 0 Å². The molecule has 0 spiro atoms. The summed E-state index contributed by atoms with van der Waals surface area (Å²) in [4.78, 5) is 8.61. The Bertz CT molecular complexity index is 1010. The van der Waals surface area contributed by atoms with Gasteiger partial charge in [0.2, 0.25) is 0 Å². The van der Waals surface area contributed by atoms with Gasteiger partial charge in [0, 0.05) is 16.7 Å². The Morgan fingerprint density at radius 3 is 1.90 bits per heavy atom. The number of nitrogens with zero attached hydrogens (tertiary/aromatic N) is 1. The highest BCUT2D eigenvalue weighted by Gasteiger charge is 2.22. The van der Waals surface area contributed by atoms with Gasteiger partial charge in [-0.05, 0) is 0 Å².